The van der Waals surface area contributed by atoms with Gasteiger partial charge in [0.2, 0.25) is 5.78 Å². The Labute approximate surface area is 151 Å². The Morgan fingerprint density at radius 2 is 2.00 bits per heavy atom. The van der Waals surface area contributed by atoms with Gasteiger partial charge in [-0.1, -0.05) is 25.4 Å². The molecule has 1 aromatic carbocycles. The van der Waals surface area contributed by atoms with Crippen molar-refractivity contribution in [2.45, 2.75) is 47.1 Å². The normalized spacial score (nSPS) is 16.0. The number of ketones is 2. The Morgan fingerprint density at radius 3 is 2.60 bits per heavy atom. The molecule has 5 nitrogen and oxygen atoms in total. The first-order valence-electron chi connectivity index (χ1n) is 8.38. The Balaban J connectivity index is 2.19. The average Bonchev–Trinajstić information content (AvgIpc) is 2.93. The Hall–Kier alpha value is -2.14. The molecule has 0 aliphatic heterocycles. The van der Waals surface area contributed by atoms with Crippen molar-refractivity contribution in [1.82, 2.24) is 9.78 Å². The molecule has 0 bridgehead atoms. The summed E-state index contributed by atoms with van der Waals surface area (Å²) in [6.07, 6.45) is 2.90. The number of H-pyrrole nitrogens is 1. The first kappa shape index (κ1) is 17.7. The Kier molecular flexibility index (Phi) is 4.23. The van der Waals surface area contributed by atoms with Crippen LogP contribution in [0.4, 0.5) is 0 Å². The molecule has 0 saturated carbocycles. The van der Waals surface area contributed by atoms with E-state index in [-0.39, 0.29) is 27.5 Å². The molecule has 1 aliphatic carbocycles. The number of rotatable bonds is 3. The van der Waals surface area contributed by atoms with E-state index in [9.17, 15) is 14.4 Å². The van der Waals surface area contributed by atoms with Crippen molar-refractivity contribution in [1.29, 1.82) is 0 Å². The van der Waals surface area contributed by atoms with Crippen LogP contribution in [-0.2, 0) is 13.0 Å². The van der Waals surface area contributed by atoms with Crippen LogP contribution in [0.1, 0.15) is 64.6 Å². The molecule has 3 rings (SSSR count). The number of carbonyl (C=O) groups is 2. The zero-order valence-corrected chi connectivity index (χ0v) is 15.6. The minimum Gasteiger partial charge on any atom is -0.302 e. The summed E-state index contributed by atoms with van der Waals surface area (Å²) in [6.45, 7) is 7.91. The van der Waals surface area contributed by atoms with Crippen molar-refractivity contribution in [3.63, 3.8) is 0 Å². The van der Waals surface area contributed by atoms with Gasteiger partial charge in [-0.25, -0.2) is 0 Å². The molecule has 0 spiro atoms. The molecule has 0 radical (unpaired) electrons. The summed E-state index contributed by atoms with van der Waals surface area (Å²) in [5.74, 6) is -0.503. The van der Waals surface area contributed by atoms with Gasteiger partial charge in [0.05, 0.1) is 5.02 Å². The molecule has 0 unspecified atom stereocenters. The van der Waals surface area contributed by atoms with E-state index in [4.69, 9.17) is 11.6 Å². The standard InChI is InChI=1S/C19H21ClN2O3/c1-5-22-18(25)13(9-21-22)16(23)12-8-10(2)11-6-7-19(3,4)17(24)14(11)15(12)20/h8-9,21H,5-7H2,1-4H3. The van der Waals surface area contributed by atoms with Crippen LogP contribution in [-0.4, -0.2) is 21.3 Å². The van der Waals surface area contributed by atoms with E-state index in [1.807, 2.05) is 27.7 Å². The van der Waals surface area contributed by atoms with Gasteiger partial charge in [-0.05, 0) is 43.9 Å². The first-order chi connectivity index (χ1) is 11.7. The lowest BCUT2D eigenvalue weighted by Gasteiger charge is -2.31. The van der Waals surface area contributed by atoms with E-state index in [0.717, 1.165) is 24.0 Å². The second-order valence-electron chi connectivity index (χ2n) is 7.19. The molecule has 0 atom stereocenters. The molecule has 1 N–H and O–H groups in total. The van der Waals surface area contributed by atoms with Crippen LogP contribution in [0.3, 0.4) is 0 Å². The largest absolute Gasteiger partial charge is 0.302 e. The van der Waals surface area contributed by atoms with Gasteiger partial charge in [0, 0.05) is 29.3 Å². The van der Waals surface area contributed by atoms with Crippen molar-refractivity contribution < 1.29 is 9.59 Å². The number of benzene rings is 1. The van der Waals surface area contributed by atoms with Crippen molar-refractivity contribution in [3.8, 4) is 0 Å². The average molecular weight is 361 g/mol. The number of Topliss-reactive ketones (excluding diaryl/α,β-unsaturated/α-hetero) is 1. The van der Waals surface area contributed by atoms with E-state index in [1.54, 1.807) is 6.07 Å². The van der Waals surface area contributed by atoms with Gasteiger partial charge < -0.3 is 5.10 Å². The van der Waals surface area contributed by atoms with Crippen LogP contribution >= 0.6 is 11.6 Å². The summed E-state index contributed by atoms with van der Waals surface area (Å²) in [6, 6.07) is 1.69. The number of halogens is 1. The first-order valence-corrected chi connectivity index (χ1v) is 8.76. The number of hydrogen-bond acceptors (Lipinski definition) is 3. The van der Waals surface area contributed by atoms with Crippen LogP contribution in [0.5, 0.6) is 0 Å². The summed E-state index contributed by atoms with van der Waals surface area (Å²) >= 11 is 6.50. The topological polar surface area (TPSA) is 71.9 Å². The summed E-state index contributed by atoms with van der Waals surface area (Å²) in [4.78, 5) is 38.0. The lowest BCUT2D eigenvalue weighted by atomic mass is 9.71. The maximum atomic E-state index is 12.9. The number of aromatic nitrogens is 2. The van der Waals surface area contributed by atoms with Crippen LogP contribution in [0.25, 0.3) is 0 Å². The second-order valence-corrected chi connectivity index (χ2v) is 7.57. The fraction of sp³-hybridized carbons (Fsp3) is 0.421. The van der Waals surface area contributed by atoms with Gasteiger partial charge in [0.15, 0.2) is 5.78 Å². The lowest BCUT2D eigenvalue weighted by molar-refractivity contribution is 0.0811. The zero-order valence-electron chi connectivity index (χ0n) is 14.8. The minimum absolute atomic E-state index is 0.0330. The quantitative estimate of drug-likeness (QED) is 0.851. The maximum Gasteiger partial charge on any atom is 0.277 e. The highest BCUT2D eigenvalue weighted by Gasteiger charge is 2.38. The van der Waals surface area contributed by atoms with Gasteiger partial charge in [0.25, 0.3) is 5.56 Å². The highest BCUT2D eigenvalue weighted by Crippen LogP contribution is 2.40. The second kappa shape index (κ2) is 5.99. The van der Waals surface area contributed by atoms with Crippen molar-refractivity contribution in [2.75, 3.05) is 0 Å². The van der Waals surface area contributed by atoms with E-state index < -0.39 is 11.2 Å². The molecule has 0 amide bonds. The molecule has 1 heterocycles. The van der Waals surface area contributed by atoms with Crippen LogP contribution in [0.15, 0.2) is 17.1 Å². The van der Waals surface area contributed by atoms with Crippen molar-refractivity contribution in [2.24, 2.45) is 5.41 Å². The smallest absolute Gasteiger partial charge is 0.277 e. The molecule has 132 valence electrons. The number of hydrogen-bond donors (Lipinski definition) is 1. The predicted octanol–water partition coefficient (Wildman–Crippen LogP) is 3.54. The van der Waals surface area contributed by atoms with Gasteiger partial charge in [-0.2, -0.15) is 0 Å². The van der Waals surface area contributed by atoms with Crippen molar-refractivity contribution >= 4 is 23.2 Å². The fourth-order valence-corrected chi connectivity index (χ4v) is 3.74. The number of nitrogens with one attached hydrogen (secondary N) is 1. The van der Waals surface area contributed by atoms with Gasteiger partial charge >= 0.3 is 0 Å². The highest BCUT2D eigenvalue weighted by atomic mass is 35.5. The van der Waals surface area contributed by atoms with Crippen LogP contribution < -0.4 is 5.56 Å². The molecular weight excluding hydrogens is 340 g/mol. The molecular formula is C19H21ClN2O3. The number of nitrogens with zero attached hydrogens (tertiary/aromatic N) is 1. The number of carbonyl (C=O) groups excluding carboxylic acids is 2. The zero-order chi connectivity index (χ0) is 18.5. The third-order valence-corrected chi connectivity index (χ3v) is 5.47. The van der Waals surface area contributed by atoms with Gasteiger partial charge in [-0.15, -0.1) is 0 Å². The summed E-state index contributed by atoms with van der Waals surface area (Å²) in [5, 5.41) is 2.93. The highest BCUT2D eigenvalue weighted by molar-refractivity contribution is 6.38. The molecule has 0 saturated heterocycles. The molecule has 25 heavy (non-hydrogen) atoms. The van der Waals surface area contributed by atoms with Gasteiger partial charge in [0.1, 0.15) is 5.56 Å². The van der Waals surface area contributed by atoms with Crippen LogP contribution in [0.2, 0.25) is 5.02 Å². The Bertz CT molecular complexity index is 950. The number of aryl methyl sites for hydroxylation is 2. The fourth-order valence-electron chi connectivity index (χ4n) is 3.40. The third kappa shape index (κ3) is 2.67. The summed E-state index contributed by atoms with van der Waals surface area (Å²) in [7, 11) is 0. The number of aromatic amines is 1. The molecule has 1 aromatic heterocycles. The SMILES string of the molecule is CCn1[nH]cc(C(=O)c2cc(C)c3c(c2Cl)C(=O)C(C)(C)CC3)c1=O. The predicted molar refractivity (Wildman–Crippen MR) is 96.8 cm³/mol. The summed E-state index contributed by atoms with van der Waals surface area (Å²) in [5.41, 5.74) is 1.56. The van der Waals surface area contributed by atoms with E-state index in [1.165, 1.54) is 10.9 Å². The van der Waals surface area contributed by atoms with E-state index in [0.29, 0.717) is 12.1 Å². The Morgan fingerprint density at radius 1 is 1.32 bits per heavy atom. The molecule has 2 aromatic rings. The van der Waals surface area contributed by atoms with Crippen molar-refractivity contribution in [3.05, 3.63) is 55.5 Å². The third-order valence-electron chi connectivity index (χ3n) is 5.08. The summed E-state index contributed by atoms with van der Waals surface area (Å²) < 4.78 is 1.35. The molecule has 1 aliphatic rings. The van der Waals surface area contributed by atoms with Gasteiger partial charge in [-0.3, -0.25) is 19.1 Å². The van der Waals surface area contributed by atoms with Crippen LogP contribution in [0, 0.1) is 12.3 Å². The lowest BCUT2D eigenvalue weighted by Crippen LogP contribution is -2.32. The monoisotopic (exact) mass is 360 g/mol. The molecule has 0 fully saturated rings. The number of fused-ring (bicyclic) bond motifs is 1. The van der Waals surface area contributed by atoms with E-state index in [2.05, 4.69) is 5.10 Å². The maximum absolute atomic E-state index is 12.9. The molecule has 6 heteroatoms. The minimum atomic E-state index is -0.506. The van der Waals surface area contributed by atoms with E-state index >= 15 is 0 Å².